The smallest absolute Gasteiger partial charge is 0.379 e. The van der Waals surface area contributed by atoms with Crippen LogP contribution < -0.4 is 4.57 Å². The Labute approximate surface area is 85.0 Å². The minimum atomic E-state index is 0.863. The van der Waals surface area contributed by atoms with E-state index in [0.29, 0.717) is 0 Å². The second-order valence-corrected chi connectivity index (χ2v) is 3.90. The first kappa shape index (κ1) is 7.76. The number of rotatable bonds is 1. The van der Waals surface area contributed by atoms with Gasteiger partial charge < -0.3 is 4.42 Å². The van der Waals surface area contributed by atoms with Gasteiger partial charge in [-0.2, -0.15) is 0 Å². The second-order valence-electron chi connectivity index (χ2n) is 3.01. The van der Waals surface area contributed by atoms with Gasteiger partial charge in [-0.3, -0.25) is 0 Å². The third-order valence-corrected chi connectivity index (χ3v) is 3.07. The molecule has 0 radical (unpaired) electrons. The van der Waals surface area contributed by atoms with Crippen molar-refractivity contribution < 1.29 is 8.98 Å². The SMILES string of the molecule is c1coc(-[n+]2csc3ccccc32)c1. The summed E-state index contributed by atoms with van der Waals surface area (Å²) in [5.74, 6) is 0.863. The molecule has 0 aliphatic rings. The maximum absolute atomic E-state index is 5.36. The Balaban J connectivity index is 2.33. The normalized spacial score (nSPS) is 10.9. The van der Waals surface area contributed by atoms with Crippen molar-refractivity contribution in [3.63, 3.8) is 0 Å². The van der Waals surface area contributed by atoms with Crippen molar-refractivity contribution in [3.8, 4) is 5.88 Å². The number of furan rings is 1. The van der Waals surface area contributed by atoms with Crippen LogP contribution in [0.1, 0.15) is 0 Å². The Morgan fingerprint density at radius 3 is 2.86 bits per heavy atom. The summed E-state index contributed by atoms with van der Waals surface area (Å²) in [7, 11) is 0. The van der Waals surface area contributed by atoms with Gasteiger partial charge in [-0.15, -0.1) is 4.57 Å². The molecule has 3 aromatic rings. The summed E-state index contributed by atoms with van der Waals surface area (Å²) in [6, 6.07) is 12.1. The molecule has 0 aliphatic carbocycles. The first-order valence-corrected chi connectivity index (χ1v) is 5.25. The van der Waals surface area contributed by atoms with Crippen LogP contribution >= 0.6 is 11.3 Å². The van der Waals surface area contributed by atoms with Crippen LogP contribution in [-0.2, 0) is 0 Å². The van der Waals surface area contributed by atoms with E-state index in [4.69, 9.17) is 4.42 Å². The van der Waals surface area contributed by atoms with E-state index in [-0.39, 0.29) is 0 Å². The molecule has 0 amide bonds. The molecule has 14 heavy (non-hydrogen) atoms. The molecule has 0 unspecified atom stereocenters. The van der Waals surface area contributed by atoms with Crippen LogP contribution in [0.4, 0.5) is 0 Å². The second kappa shape index (κ2) is 2.96. The Bertz CT molecular complexity index is 553. The molecule has 3 rings (SSSR count). The maximum Gasteiger partial charge on any atom is 0.379 e. The molecular weight excluding hydrogens is 194 g/mol. The average molecular weight is 202 g/mol. The fourth-order valence-corrected chi connectivity index (χ4v) is 2.38. The summed E-state index contributed by atoms with van der Waals surface area (Å²) in [5, 5.41) is 0. The molecule has 2 nitrogen and oxygen atoms in total. The Morgan fingerprint density at radius 1 is 1.07 bits per heavy atom. The number of aromatic nitrogens is 1. The van der Waals surface area contributed by atoms with Crippen LogP contribution in [0.15, 0.2) is 52.6 Å². The van der Waals surface area contributed by atoms with Crippen molar-refractivity contribution in [1.29, 1.82) is 0 Å². The monoisotopic (exact) mass is 202 g/mol. The number of hydrogen-bond donors (Lipinski definition) is 0. The van der Waals surface area contributed by atoms with Gasteiger partial charge >= 0.3 is 5.88 Å². The van der Waals surface area contributed by atoms with Gasteiger partial charge in [-0.1, -0.05) is 23.5 Å². The lowest BCUT2D eigenvalue weighted by Gasteiger charge is -1.86. The quantitative estimate of drug-likeness (QED) is 0.554. The molecule has 2 aromatic heterocycles. The van der Waals surface area contributed by atoms with Gasteiger partial charge in [-0.25, -0.2) is 0 Å². The van der Waals surface area contributed by atoms with Gasteiger partial charge in [0.2, 0.25) is 11.0 Å². The van der Waals surface area contributed by atoms with Crippen LogP contribution in [-0.4, -0.2) is 0 Å². The molecule has 68 valence electrons. The van der Waals surface area contributed by atoms with Gasteiger partial charge in [0, 0.05) is 6.07 Å². The summed E-state index contributed by atoms with van der Waals surface area (Å²) in [5.41, 5.74) is 3.25. The number of para-hydroxylation sites is 1. The van der Waals surface area contributed by atoms with E-state index in [1.807, 2.05) is 24.3 Å². The number of fused-ring (bicyclic) bond motifs is 1. The standard InChI is InChI=1S/C11H8NOS/c1-2-5-10-9(4-1)12(8-14-10)11-6-3-7-13-11/h1-8H/q+1. The summed E-state index contributed by atoms with van der Waals surface area (Å²) in [4.78, 5) is 0. The first-order valence-electron chi connectivity index (χ1n) is 4.37. The van der Waals surface area contributed by atoms with Crippen molar-refractivity contribution in [2.75, 3.05) is 0 Å². The predicted octanol–water partition coefficient (Wildman–Crippen LogP) is 2.77. The Morgan fingerprint density at radius 2 is 2.00 bits per heavy atom. The molecule has 0 N–H and O–H groups in total. The van der Waals surface area contributed by atoms with Crippen LogP contribution in [0.2, 0.25) is 0 Å². The molecule has 0 fully saturated rings. The van der Waals surface area contributed by atoms with Gasteiger partial charge in [0.15, 0.2) is 0 Å². The van der Waals surface area contributed by atoms with E-state index in [1.54, 1.807) is 17.6 Å². The van der Waals surface area contributed by atoms with Crippen LogP contribution in [0.5, 0.6) is 0 Å². The number of nitrogens with zero attached hydrogens (tertiary/aromatic N) is 1. The molecule has 0 spiro atoms. The molecule has 1 aromatic carbocycles. The molecule has 0 atom stereocenters. The van der Waals surface area contributed by atoms with E-state index in [9.17, 15) is 0 Å². The fourth-order valence-electron chi connectivity index (χ4n) is 1.50. The lowest BCUT2D eigenvalue weighted by Crippen LogP contribution is -2.26. The highest BCUT2D eigenvalue weighted by Gasteiger charge is 2.15. The summed E-state index contributed by atoms with van der Waals surface area (Å²) in [6.45, 7) is 0. The van der Waals surface area contributed by atoms with E-state index >= 15 is 0 Å². The largest absolute Gasteiger partial charge is 0.413 e. The van der Waals surface area contributed by atoms with E-state index in [0.717, 1.165) is 5.88 Å². The van der Waals surface area contributed by atoms with Crippen LogP contribution in [0.25, 0.3) is 16.1 Å². The Kier molecular flexibility index (Phi) is 1.64. The molecule has 2 heterocycles. The van der Waals surface area contributed by atoms with Crippen molar-refractivity contribution >= 4 is 21.6 Å². The Hall–Kier alpha value is -1.61. The van der Waals surface area contributed by atoms with Crippen molar-refractivity contribution in [1.82, 2.24) is 0 Å². The lowest BCUT2D eigenvalue weighted by atomic mass is 10.3. The van der Waals surface area contributed by atoms with Gasteiger partial charge in [0.25, 0.3) is 0 Å². The number of hydrogen-bond acceptors (Lipinski definition) is 2. The lowest BCUT2D eigenvalue weighted by molar-refractivity contribution is -0.576. The topological polar surface area (TPSA) is 17.0 Å². The zero-order valence-corrected chi connectivity index (χ0v) is 8.20. The fraction of sp³-hybridized carbons (Fsp3) is 0. The predicted molar refractivity (Wildman–Crippen MR) is 55.6 cm³/mol. The number of benzene rings is 1. The van der Waals surface area contributed by atoms with E-state index in [2.05, 4.69) is 22.2 Å². The third kappa shape index (κ3) is 1.06. The average Bonchev–Trinajstić information content (AvgIpc) is 2.85. The third-order valence-electron chi connectivity index (χ3n) is 2.15. The number of thiazole rings is 1. The maximum atomic E-state index is 5.36. The summed E-state index contributed by atoms with van der Waals surface area (Å²) >= 11 is 1.72. The summed E-state index contributed by atoms with van der Waals surface area (Å²) in [6.07, 6.45) is 1.69. The van der Waals surface area contributed by atoms with Crippen LogP contribution in [0.3, 0.4) is 0 Å². The van der Waals surface area contributed by atoms with Crippen molar-refractivity contribution in [3.05, 3.63) is 48.2 Å². The molecule has 0 aliphatic heterocycles. The van der Waals surface area contributed by atoms with Gasteiger partial charge in [0.05, 0.1) is 12.3 Å². The first-order chi connectivity index (χ1) is 6.95. The summed E-state index contributed by atoms with van der Waals surface area (Å²) < 4.78 is 8.68. The van der Waals surface area contributed by atoms with E-state index < -0.39 is 0 Å². The minimum absolute atomic E-state index is 0.863. The highest BCUT2D eigenvalue weighted by molar-refractivity contribution is 7.16. The van der Waals surface area contributed by atoms with Crippen molar-refractivity contribution in [2.45, 2.75) is 0 Å². The molecule has 0 saturated heterocycles. The molecule has 0 bridgehead atoms. The molecule has 3 heteroatoms. The van der Waals surface area contributed by atoms with Crippen molar-refractivity contribution in [2.24, 2.45) is 0 Å². The minimum Gasteiger partial charge on any atom is -0.413 e. The highest BCUT2D eigenvalue weighted by atomic mass is 32.1. The van der Waals surface area contributed by atoms with Gasteiger partial charge in [0.1, 0.15) is 4.70 Å². The highest BCUT2D eigenvalue weighted by Crippen LogP contribution is 2.17. The van der Waals surface area contributed by atoms with E-state index in [1.165, 1.54) is 10.2 Å². The zero-order valence-electron chi connectivity index (χ0n) is 7.38. The zero-order chi connectivity index (χ0) is 9.38. The van der Waals surface area contributed by atoms with Crippen LogP contribution in [0, 0.1) is 0 Å². The molecule has 0 saturated carbocycles. The van der Waals surface area contributed by atoms with Gasteiger partial charge in [-0.05, 0) is 12.1 Å². The molecular formula is C11H8NOS+.